The van der Waals surface area contributed by atoms with Gasteiger partial charge >= 0.3 is 5.97 Å². The van der Waals surface area contributed by atoms with E-state index in [0.717, 1.165) is 0 Å². The van der Waals surface area contributed by atoms with E-state index in [2.05, 4.69) is 15.2 Å². The van der Waals surface area contributed by atoms with Crippen LogP contribution in [0.4, 0.5) is 0 Å². The van der Waals surface area contributed by atoms with Crippen molar-refractivity contribution in [1.29, 1.82) is 0 Å². The number of aryl methyl sites for hydroxylation is 2. The highest BCUT2D eigenvalue weighted by molar-refractivity contribution is 5.85. The van der Waals surface area contributed by atoms with Crippen LogP contribution in [0, 0.1) is 6.92 Å². The molecule has 33 heavy (non-hydrogen) atoms. The number of hydrogen-bond acceptors (Lipinski definition) is 7. The van der Waals surface area contributed by atoms with Gasteiger partial charge in [-0.3, -0.25) is 9.59 Å². The van der Waals surface area contributed by atoms with Crippen LogP contribution in [0.15, 0.2) is 64.5 Å². The van der Waals surface area contributed by atoms with E-state index in [1.807, 2.05) is 24.3 Å². The largest absolute Gasteiger partial charge is 0.493 e. The highest BCUT2D eigenvalue weighted by Crippen LogP contribution is 2.24. The van der Waals surface area contributed by atoms with Crippen LogP contribution in [0.3, 0.4) is 0 Å². The average Bonchev–Trinajstić information content (AvgIpc) is 3.13. The molecule has 4 rings (SSSR count). The Kier molecular flexibility index (Phi) is 6.30. The molecule has 9 heteroatoms. The molecule has 0 saturated heterocycles. The summed E-state index contributed by atoms with van der Waals surface area (Å²) in [5.41, 5.74) is 1.67. The molecule has 0 aliphatic heterocycles. The molecule has 1 N–H and O–H groups in total. The van der Waals surface area contributed by atoms with Gasteiger partial charge in [-0.2, -0.15) is 14.9 Å². The first kappa shape index (κ1) is 21.9. The van der Waals surface area contributed by atoms with Crippen molar-refractivity contribution in [1.82, 2.24) is 19.4 Å². The smallest absolute Gasteiger partial charge is 0.306 e. The van der Waals surface area contributed by atoms with Gasteiger partial charge in [-0.05, 0) is 38.1 Å². The maximum absolute atomic E-state index is 12.9. The van der Waals surface area contributed by atoms with Crippen LogP contribution < -0.4 is 5.56 Å². The topological polar surface area (TPSA) is 112 Å². The van der Waals surface area contributed by atoms with E-state index in [-0.39, 0.29) is 36.9 Å². The number of carbonyl (C=O) groups excluding carboxylic acids is 1. The predicted molar refractivity (Wildman–Crippen MR) is 124 cm³/mol. The minimum atomic E-state index is -0.361. The Labute approximate surface area is 189 Å². The molecule has 0 bridgehead atoms. The quantitative estimate of drug-likeness (QED) is 0.346. The Balaban J connectivity index is 1.77. The summed E-state index contributed by atoms with van der Waals surface area (Å²) in [4.78, 5) is 29.2. The van der Waals surface area contributed by atoms with Crippen molar-refractivity contribution in [3.63, 3.8) is 0 Å². The number of ether oxygens (including phenoxy) is 1. The van der Waals surface area contributed by atoms with E-state index in [9.17, 15) is 14.7 Å². The molecule has 0 aliphatic rings. The lowest BCUT2D eigenvalue weighted by Gasteiger charge is -2.05. The Morgan fingerprint density at radius 2 is 1.88 bits per heavy atom. The van der Waals surface area contributed by atoms with Gasteiger partial charge in [0.15, 0.2) is 0 Å². The number of esters is 1. The molecule has 9 nitrogen and oxygen atoms in total. The molecule has 0 fully saturated rings. The predicted octanol–water partition coefficient (Wildman–Crippen LogP) is 2.97. The summed E-state index contributed by atoms with van der Waals surface area (Å²) in [5.74, 6) is -0.110. The lowest BCUT2D eigenvalue weighted by Crippen LogP contribution is -2.20. The number of aromatic nitrogens is 4. The number of para-hydroxylation sites is 2. The van der Waals surface area contributed by atoms with Gasteiger partial charge in [0.05, 0.1) is 47.1 Å². The number of carbonyl (C=O) groups is 1. The van der Waals surface area contributed by atoms with E-state index in [4.69, 9.17) is 4.74 Å². The van der Waals surface area contributed by atoms with Gasteiger partial charge in [-0.1, -0.05) is 30.3 Å². The third kappa shape index (κ3) is 4.52. The molecular weight excluding hydrogens is 422 g/mol. The van der Waals surface area contributed by atoms with Crippen molar-refractivity contribution in [3.05, 3.63) is 82.0 Å². The number of rotatable bonds is 7. The molecule has 2 heterocycles. The number of hydrogen-bond donors (Lipinski definition) is 1. The second kappa shape index (κ2) is 9.47. The van der Waals surface area contributed by atoms with Crippen molar-refractivity contribution >= 4 is 23.1 Å². The third-order valence-corrected chi connectivity index (χ3v) is 5.06. The summed E-state index contributed by atoms with van der Waals surface area (Å²) < 4.78 is 7.55. The van der Waals surface area contributed by atoms with Gasteiger partial charge in [0.2, 0.25) is 5.88 Å². The van der Waals surface area contributed by atoms with Gasteiger partial charge in [-0.15, -0.1) is 0 Å². The molecule has 0 atom stereocenters. The number of benzene rings is 2. The highest BCUT2D eigenvalue weighted by atomic mass is 16.5. The van der Waals surface area contributed by atoms with Crippen molar-refractivity contribution in [2.24, 2.45) is 5.10 Å². The standard InChI is InChI=1S/C24H23N5O4/c1-3-33-22(30)14-13-21-19(24(32)29(27-21)17-9-5-4-6-10-17)15-25-28-16(2)26-20-12-8-7-11-18(20)23(28)31/h4-12,15,32H,3,13-14H2,1-2H3. The SMILES string of the molecule is CCOC(=O)CCc1nn(-c2ccccc2)c(O)c1C=Nn1c(C)nc2ccccc2c1=O. The fraction of sp³-hybridized carbons (Fsp3) is 0.208. The molecule has 0 amide bonds. The lowest BCUT2D eigenvalue weighted by molar-refractivity contribution is -0.143. The van der Waals surface area contributed by atoms with Crippen molar-refractivity contribution in [2.45, 2.75) is 26.7 Å². The van der Waals surface area contributed by atoms with Gasteiger partial charge in [-0.25, -0.2) is 9.67 Å². The first-order valence-corrected chi connectivity index (χ1v) is 10.5. The first-order chi connectivity index (χ1) is 16.0. The molecule has 0 radical (unpaired) electrons. The van der Waals surface area contributed by atoms with Crippen LogP contribution in [-0.4, -0.2) is 43.3 Å². The van der Waals surface area contributed by atoms with Gasteiger partial charge in [0.25, 0.3) is 5.56 Å². The zero-order valence-corrected chi connectivity index (χ0v) is 18.3. The third-order valence-electron chi connectivity index (χ3n) is 5.06. The van der Waals surface area contributed by atoms with E-state index in [1.54, 1.807) is 44.2 Å². The number of aromatic hydroxyl groups is 1. The Bertz CT molecular complexity index is 1390. The van der Waals surface area contributed by atoms with Gasteiger partial charge in [0, 0.05) is 6.42 Å². The van der Waals surface area contributed by atoms with Crippen LogP contribution in [0.1, 0.15) is 30.4 Å². The van der Waals surface area contributed by atoms with Crippen molar-refractivity contribution in [2.75, 3.05) is 6.61 Å². The summed E-state index contributed by atoms with van der Waals surface area (Å²) in [6.07, 6.45) is 1.70. The molecule has 4 aromatic rings. The highest BCUT2D eigenvalue weighted by Gasteiger charge is 2.19. The average molecular weight is 445 g/mol. The molecule has 2 aromatic heterocycles. The second-order valence-electron chi connectivity index (χ2n) is 7.27. The van der Waals surface area contributed by atoms with Gasteiger partial charge in [0.1, 0.15) is 5.82 Å². The fourth-order valence-electron chi connectivity index (χ4n) is 3.47. The summed E-state index contributed by atoms with van der Waals surface area (Å²) in [5, 5.41) is 20.1. The normalized spacial score (nSPS) is 11.3. The first-order valence-electron chi connectivity index (χ1n) is 10.5. The van der Waals surface area contributed by atoms with E-state index >= 15 is 0 Å². The number of nitrogens with zero attached hydrogens (tertiary/aromatic N) is 5. The van der Waals surface area contributed by atoms with Gasteiger partial charge < -0.3 is 9.84 Å². The Morgan fingerprint density at radius 1 is 1.15 bits per heavy atom. The Morgan fingerprint density at radius 3 is 2.64 bits per heavy atom. The molecular formula is C24H23N5O4. The Hall–Kier alpha value is -4.27. The summed E-state index contributed by atoms with van der Waals surface area (Å²) in [7, 11) is 0. The van der Waals surface area contributed by atoms with Crippen molar-refractivity contribution < 1.29 is 14.6 Å². The molecule has 0 unspecified atom stereocenters. The zero-order valence-electron chi connectivity index (χ0n) is 18.3. The minimum absolute atomic E-state index is 0.0937. The molecule has 0 saturated carbocycles. The molecule has 168 valence electrons. The fourth-order valence-corrected chi connectivity index (χ4v) is 3.47. The van der Waals surface area contributed by atoms with Crippen LogP contribution in [0.2, 0.25) is 0 Å². The maximum Gasteiger partial charge on any atom is 0.306 e. The summed E-state index contributed by atoms with van der Waals surface area (Å²) >= 11 is 0. The monoisotopic (exact) mass is 445 g/mol. The van der Waals surface area contributed by atoms with Crippen LogP contribution in [0.5, 0.6) is 5.88 Å². The zero-order chi connectivity index (χ0) is 23.4. The summed E-state index contributed by atoms with van der Waals surface area (Å²) in [6, 6.07) is 16.1. The molecule has 0 spiro atoms. The van der Waals surface area contributed by atoms with E-state index < -0.39 is 0 Å². The van der Waals surface area contributed by atoms with Crippen LogP contribution in [0.25, 0.3) is 16.6 Å². The van der Waals surface area contributed by atoms with E-state index in [0.29, 0.717) is 33.7 Å². The van der Waals surface area contributed by atoms with E-state index in [1.165, 1.54) is 15.6 Å². The molecule has 0 aliphatic carbocycles. The summed E-state index contributed by atoms with van der Waals surface area (Å²) in [6.45, 7) is 3.71. The minimum Gasteiger partial charge on any atom is -0.493 e. The maximum atomic E-state index is 12.9. The lowest BCUT2D eigenvalue weighted by atomic mass is 10.1. The van der Waals surface area contributed by atoms with Crippen molar-refractivity contribution in [3.8, 4) is 11.6 Å². The molecule has 2 aromatic carbocycles. The van der Waals surface area contributed by atoms with Crippen LogP contribution in [-0.2, 0) is 16.0 Å². The second-order valence-corrected chi connectivity index (χ2v) is 7.27. The number of fused-ring (bicyclic) bond motifs is 1. The van der Waals surface area contributed by atoms with Crippen LogP contribution >= 0.6 is 0 Å².